The van der Waals surface area contributed by atoms with Crippen LogP contribution in [0, 0.1) is 5.41 Å². The minimum atomic E-state index is -0.404. The van der Waals surface area contributed by atoms with Crippen LogP contribution in [-0.2, 0) is 11.2 Å². The van der Waals surface area contributed by atoms with Gasteiger partial charge in [0, 0.05) is 19.6 Å². The second-order valence-electron chi connectivity index (χ2n) is 6.14. The number of carbonyl (C=O) groups excluding carboxylic acids is 1. The van der Waals surface area contributed by atoms with Gasteiger partial charge < -0.3 is 15.2 Å². The van der Waals surface area contributed by atoms with Gasteiger partial charge >= 0.3 is 0 Å². The van der Waals surface area contributed by atoms with Crippen molar-refractivity contribution in [3.63, 3.8) is 0 Å². The average Bonchev–Trinajstić information content (AvgIpc) is 2.87. The van der Waals surface area contributed by atoms with Crippen molar-refractivity contribution in [2.45, 2.75) is 39.2 Å². The Kier molecular flexibility index (Phi) is 4.65. The predicted octanol–water partition coefficient (Wildman–Crippen LogP) is 1.90. The molecule has 2 N–H and O–H groups in total. The summed E-state index contributed by atoms with van der Waals surface area (Å²) in [4.78, 5) is 12.0. The van der Waals surface area contributed by atoms with E-state index in [1.165, 1.54) is 0 Å². The van der Waals surface area contributed by atoms with Crippen molar-refractivity contribution in [1.82, 2.24) is 5.32 Å². The lowest BCUT2D eigenvalue weighted by atomic mass is 9.89. The molecule has 1 aliphatic heterocycles. The molecule has 0 radical (unpaired) electrons. The van der Waals surface area contributed by atoms with Crippen molar-refractivity contribution in [1.29, 1.82) is 0 Å². The molecule has 0 spiro atoms. The molecule has 1 amide bonds. The van der Waals surface area contributed by atoms with E-state index >= 15 is 0 Å². The van der Waals surface area contributed by atoms with E-state index in [1.807, 2.05) is 38.1 Å². The first-order valence-corrected chi connectivity index (χ1v) is 7.15. The molecule has 0 aromatic heterocycles. The van der Waals surface area contributed by atoms with Gasteiger partial charge in [0.1, 0.15) is 5.75 Å². The van der Waals surface area contributed by atoms with Crippen LogP contribution in [0.15, 0.2) is 24.3 Å². The van der Waals surface area contributed by atoms with Crippen LogP contribution >= 0.6 is 0 Å². The third kappa shape index (κ3) is 3.73. The van der Waals surface area contributed by atoms with Gasteiger partial charge in [-0.2, -0.15) is 0 Å². The third-order valence-electron chi connectivity index (χ3n) is 3.70. The Morgan fingerprint density at radius 2 is 2.20 bits per heavy atom. The smallest absolute Gasteiger partial charge is 0.261 e. The third-order valence-corrected chi connectivity index (χ3v) is 3.70. The Balaban J connectivity index is 1.72. The van der Waals surface area contributed by atoms with Crippen LogP contribution in [0.4, 0.5) is 0 Å². The number of para-hydroxylation sites is 1. The predicted molar refractivity (Wildman–Crippen MR) is 77.7 cm³/mol. The first-order valence-electron chi connectivity index (χ1n) is 7.15. The number of nitrogens with one attached hydrogen (secondary N) is 1. The summed E-state index contributed by atoms with van der Waals surface area (Å²) in [5, 5.41) is 12.1. The summed E-state index contributed by atoms with van der Waals surface area (Å²) in [5.74, 6) is 0.761. The molecule has 0 bridgehead atoms. The number of carbonyl (C=O) groups is 1. The van der Waals surface area contributed by atoms with Gasteiger partial charge in [0.15, 0.2) is 6.10 Å². The average molecular weight is 277 g/mol. The summed E-state index contributed by atoms with van der Waals surface area (Å²) in [6, 6.07) is 7.76. The van der Waals surface area contributed by atoms with Gasteiger partial charge in [0.2, 0.25) is 0 Å². The second-order valence-corrected chi connectivity index (χ2v) is 6.14. The number of rotatable bonds is 6. The van der Waals surface area contributed by atoms with Crippen molar-refractivity contribution in [3.05, 3.63) is 29.8 Å². The highest BCUT2D eigenvalue weighted by Gasteiger charge is 2.28. The summed E-state index contributed by atoms with van der Waals surface area (Å²) >= 11 is 0. The van der Waals surface area contributed by atoms with Crippen molar-refractivity contribution in [2.24, 2.45) is 5.41 Å². The lowest BCUT2D eigenvalue weighted by molar-refractivity contribution is -0.127. The lowest BCUT2D eigenvalue weighted by Crippen LogP contribution is -2.38. The Labute approximate surface area is 120 Å². The molecular formula is C16H23NO3. The monoisotopic (exact) mass is 277 g/mol. The van der Waals surface area contributed by atoms with Crippen LogP contribution in [-0.4, -0.2) is 30.3 Å². The molecule has 2 rings (SSSR count). The number of aliphatic hydroxyl groups is 1. The number of aliphatic hydroxyl groups excluding tert-OH is 1. The standard InChI is InChI=1S/C16H23NO3/c1-16(2,11-18)8-5-9-17-15(19)14-10-12-6-3-4-7-13(12)20-14/h3-4,6-7,14,18H,5,8-11H2,1-2H3,(H,17,19). The van der Waals surface area contributed by atoms with Crippen LogP contribution in [0.1, 0.15) is 32.3 Å². The van der Waals surface area contributed by atoms with E-state index in [1.54, 1.807) is 0 Å². The van der Waals surface area contributed by atoms with E-state index in [0.29, 0.717) is 13.0 Å². The van der Waals surface area contributed by atoms with Crippen LogP contribution < -0.4 is 10.1 Å². The van der Waals surface area contributed by atoms with Gasteiger partial charge in [-0.25, -0.2) is 0 Å². The maximum absolute atomic E-state index is 12.0. The number of hydrogen-bond acceptors (Lipinski definition) is 3. The minimum absolute atomic E-state index is 0.0528. The summed E-state index contributed by atoms with van der Waals surface area (Å²) in [6.07, 6.45) is 1.98. The maximum atomic E-state index is 12.0. The fourth-order valence-corrected chi connectivity index (χ4v) is 2.30. The fraction of sp³-hybridized carbons (Fsp3) is 0.562. The molecule has 0 saturated carbocycles. The highest BCUT2D eigenvalue weighted by atomic mass is 16.5. The van der Waals surface area contributed by atoms with Crippen molar-refractivity contribution < 1.29 is 14.6 Å². The SMILES string of the molecule is CC(C)(CO)CCCNC(=O)C1Cc2ccccc2O1. The fourth-order valence-electron chi connectivity index (χ4n) is 2.30. The number of benzene rings is 1. The first kappa shape index (κ1) is 14.9. The normalized spacial score (nSPS) is 17.4. The molecule has 1 aromatic rings. The van der Waals surface area contributed by atoms with E-state index in [9.17, 15) is 4.79 Å². The molecule has 20 heavy (non-hydrogen) atoms. The number of amides is 1. The van der Waals surface area contributed by atoms with Crippen molar-refractivity contribution in [3.8, 4) is 5.75 Å². The van der Waals surface area contributed by atoms with Crippen LogP contribution in [0.5, 0.6) is 5.75 Å². The van der Waals surface area contributed by atoms with Gasteiger partial charge in [-0.1, -0.05) is 32.0 Å². The van der Waals surface area contributed by atoms with Gasteiger partial charge in [0.25, 0.3) is 5.91 Å². The maximum Gasteiger partial charge on any atom is 0.261 e. The highest BCUT2D eigenvalue weighted by molar-refractivity contribution is 5.82. The van der Waals surface area contributed by atoms with Crippen molar-refractivity contribution in [2.75, 3.05) is 13.2 Å². The number of hydrogen-bond donors (Lipinski definition) is 2. The lowest BCUT2D eigenvalue weighted by Gasteiger charge is -2.21. The van der Waals surface area contributed by atoms with E-state index < -0.39 is 6.10 Å². The quantitative estimate of drug-likeness (QED) is 0.781. The van der Waals surface area contributed by atoms with Gasteiger partial charge in [0.05, 0.1) is 0 Å². The summed E-state index contributed by atoms with van der Waals surface area (Å²) in [6.45, 7) is 4.83. The largest absolute Gasteiger partial charge is 0.480 e. The molecule has 4 heteroatoms. The summed E-state index contributed by atoms with van der Waals surface area (Å²) in [5.41, 5.74) is 1.01. The molecule has 1 unspecified atom stereocenters. The van der Waals surface area contributed by atoms with E-state index in [2.05, 4.69) is 5.32 Å². The van der Waals surface area contributed by atoms with E-state index in [4.69, 9.17) is 9.84 Å². The summed E-state index contributed by atoms with van der Waals surface area (Å²) < 4.78 is 5.64. The molecule has 1 aliphatic rings. The molecule has 0 aliphatic carbocycles. The molecule has 110 valence electrons. The Morgan fingerprint density at radius 3 is 2.90 bits per heavy atom. The zero-order valence-electron chi connectivity index (χ0n) is 12.2. The zero-order chi connectivity index (χ0) is 14.6. The van der Waals surface area contributed by atoms with Gasteiger partial charge in [-0.15, -0.1) is 0 Å². The molecule has 1 aromatic carbocycles. The van der Waals surface area contributed by atoms with Crippen molar-refractivity contribution >= 4 is 5.91 Å². The second kappa shape index (κ2) is 6.27. The van der Waals surface area contributed by atoms with Gasteiger partial charge in [-0.05, 0) is 29.9 Å². The molecule has 4 nitrogen and oxygen atoms in total. The highest BCUT2D eigenvalue weighted by Crippen LogP contribution is 2.28. The molecular weight excluding hydrogens is 254 g/mol. The van der Waals surface area contributed by atoms with E-state index in [-0.39, 0.29) is 17.9 Å². The topological polar surface area (TPSA) is 58.6 Å². The number of ether oxygens (including phenoxy) is 1. The minimum Gasteiger partial charge on any atom is -0.480 e. The Morgan fingerprint density at radius 1 is 1.45 bits per heavy atom. The number of fused-ring (bicyclic) bond motifs is 1. The zero-order valence-corrected chi connectivity index (χ0v) is 12.2. The first-order chi connectivity index (χ1) is 9.52. The Bertz CT molecular complexity index is 446. The van der Waals surface area contributed by atoms with Crippen LogP contribution in [0.3, 0.4) is 0 Å². The molecule has 1 heterocycles. The summed E-state index contributed by atoms with van der Waals surface area (Å²) in [7, 11) is 0. The van der Waals surface area contributed by atoms with Gasteiger partial charge in [-0.3, -0.25) is 4.79 Å². The van der Waals surface area contributed by atoms with Crippen LogP contribution in [0.25, 0.3) is 0 Å². The van der Waals surface area contributed by atoms with Crippen LogP contribution in [0.2, 0.25) is 0 Å². The molecule has 0 saturated heterocycles. The Hall–Kier alpha value is -1.55. The van der Waals surface area contributed by atoms with E-state index in [0.717, 1.165) is 24.2 Å². The molecule has 1 atom stereocenters. The molecule has 0 fully saturated rings.